The molecule has 0 aliphatic carbocycles. The quantitative estimate of drug-likeness (QED) is 0.412. The zero-order valence-corrected chi connectivity index (χ0v) is 19.2. The second-order valence-electron chi connectivity index (χ2n) is 8.92. The highest BCUT2D eigenvalue weighted by atomic mass is 16.2. The van der Waals surface area contributed by atoms with E-state index < -0.39 is 0 Å². The van der Waals surface area contributed by atoms with Crippen molar-refractivity contribution < 1.29 is 4.79 Å². The van der Waals surface area contributed by atoms with Gasteiger partial charge in [-0.15, -0.1) is 0 Å². The highest BCUT2D eigenvalue weighted by Gasteiger charge is 2.36. The molecule has 0 unspecified atom stereocenters. The van der Waals surface area contributed by atoms with Crippen LogP contribution in [0.1, 0.15) is 33.5 Å². The van der Waals surface area contributed by atoms with Gasteiger partial charge in [0.1, 0.15) is 6.04 Å². The van der Waals surface area contributed by atoms with Crippen molar-refractivity contribution in [1.29, 1.82) is 0 Å². The lowest BCUT2D eigenvalue weighted by Crippen LogP contribution is -2.41. The van der Waals surface area contributed by atoms with Gasteiger partial charge in [-0.05, 0) is 23.6 Å². The Hall–Kier alpha value is -4.85. The molecule has 1 N–H and O–H groups in total. The number of carbonyl (C=O) groups is 1. The number of nitrogens with zero attached hydrogens (tertiary/aromatic N) is 6. The van der Waals surface area contributed by atoms with Crippen LogP contribution < -0.4 is 0 Å². The van der Waals surface area contributed by atoms with Crippen molar-refractivity contribution in [1.82, 2.24) is 34.4 Å². The lowest BCUT2D eigenvalue weighted by atomic mass is 9.97. The van der Waals surface area contributed by atoms with E-state index >= 15 is 0 Å². The van der Waals surface area contributed by atoms with Crippen LogP contribution in [0.2, 0.25) is 0 Å². The second kappa shape index (κ2) is 8.13. The van der Waals surface area contributed by atoms with E-state index in [1.165, 1.54) is 0 Å². The van der Waals surface area contributed by atoms with Gasteiger partial charge < -0.3 is 9.88 Å². The molecule has 5 aromatic heterocycles. The molecule has 0 saturated heterocycles. The normalized spacial score (nSPS) is 15.3. The Labute approximate surface area is 206 Å². The minimum absolute atomic E-state index is 0.0901. The SMILES string of the molecule is O=C(c1cnn2cc(-c3cccnc3)ccc12)N1CCc2[nH]cnc2[C@H]1c1cc2ccccc2cn1. The fraction of sp³-hybridized carbons (Fsp3) is 0.107. The second-order valence-corrected chi connectivity index (χ2v) is 8.92. The highest BCUT2D eigenvalue weighted by molar-refractivity contribution is 6.01. The predicted molar refractivity (Wildman–Crippen MR) is 135 cm³/mol. The lowest BCUT2D eigenvalue weighted by Gasteiger charge is -2.34. The van der Waals surface area contributed by atoms with Crippen LogP contribution in [-0.2, 0) is 6.42 Å². The third kappa shape index (κ3) is 3.26. The summed E-state index contributed by atoms with van der Waals surface area (Å²) in [5.41, 5.74) is 5.96. The molecule has 36 heavy (non-hydrogen) atoms. The minimum Gasteiger partial charge on any atom is -0.348 e. The summed E-state index contributed by atoms with van der Waals surface area (Å²) in [4.78, 5) is 32.7. The van der Waals surface area contributed by atoms with Crippen LogP contribution in [-0.4, -0.2) is 46.9 Å². The number of aromatic amines is 1. The van der Waals surface area contributed by atoms with E-state index in [2.05, 4.69) is 32.2 Å². The Bertz CT molecular complexity index is 1740. The largest absolute Gasteiger partial charge is 0.348 e. The van der Waals surface area contributed by atoms with Gasteiger partial charge in [-0.2, -0.15) is 5.10 Å². The van der Waals surface area contributed by atoms with Crippen LogP contribution in [0.25, 0.3) is 27.4 Å². The van der Waals surface area contributed by atoms with Crippen molar-refractivity contribution in [2.24, 2.45) is 0 Å². The van der Waals surface area contributed by atoms with Crippen LogP contribution in [0.5, 0.6) is 0 Å². The molecule has 0 saturated carbocycles. The summed E-state index contributed by atoms with van der Waals surface area (Å²) in [5.74, 6) is -0.0901. The number of carbonyl (C=O) groups excluding carboxylic acids is 1. The number of imidazole rings is 1. The van der Waals surface area contributed by atoms with Gasteiger partial charge >= 0.3 is 0 Å². The summed E-state index contributed by atoms with van der Waals surface area (Å²) in [6.07, 6.45) is 11.4. The molecule has 8 heteroatoms. The molecular weight excluding hydrogens is 450 g/mol. The van der Waals surface area contributed by atoms with Crippen molar-refractivity contribution in [3.05, 3.63) is 115 Å². The van der Waals surface area contributed by atoms with Crippen LogP contribution >= 0.6 is 0 Å². The standard InChI is InChI=1S/C28H21N7O/c36-28(22-15-33-35-16-21(7-8-25(22)35)19-6-3-10-29-13-19)34-11-9-23-26(32-17-31-23)27(34)24-12-18-4-1-2-5-20(18)14-30-24/h1-8,10,12-17,27H,9,11H2,(H,31,32)/t27-/m1/s1. The van der Waals surface area contributed by atoms with Gasteiger partial charge in [0.05, 0.1) is 35.0 Å². The number of pyridine rings is 3. The van der Waals surface area contributed by atoms with E-state index in [0.717, 1.165) is 44.5 Å². The fourth-order valence-electron chi connectivity index (χ4n) is 5.05. The number of benzene rings is 1. The van der Waals surface area contributed by atoms with E-state index in [-0.39, 0.29) is 11.9 Å². The maximum Gasteiger partial charge on any atom is 0.258 e. The molecule has 6 aromatic rings. The molecule has 1 atom stereocenters. The number of rotatable bonds is 3. The molecule has 7 rings (SSSR count). The number of fused-ring (bicyclic) bond motifs is 3. The lowest BCUT2D eigenvalue weighted by molar-refractivity contribution is 0.0689. The third-order valence-corrected chi connectivity index (χ3v) is 6.86. The summed E-state index contributed by atoms with van der Waals surface area (Å²) < 4.78 is 1.75. The number of amides is 1. The molecule has 6 heterocycles. The summed E-state index contributed by atoms with van der Waals surface area (Å²) >= 11 is 0. The highest BCUT2D eigenvalue weighted by Crippen LogP contribution is 2.35. The van der Waals surface area contributed by atoms with Gasteiger partial charge in [-0.1, -0.05) is 36.4 Å². The maximum atomic E-state index is 14.0. The smallest absolute Gasteiger partial charge is 0.258 e. The van der Waals surface area contributed by atoms with E-state index in [0.29, 0.717) is 18.5 Å². The number of hydrogen-bond acceptors (Lipinski definition) is 5. The average Bonchev–Trinajstić information content (AvgIpc) is 3.59. The van der Waals surface area contributed by atoms with Gasteiger partial charge in [-0.3, -0.25) is 14.8 Å². The summed E-state index contributed by atoms with van der Waals surface area (Å²) in [6, 6.07) is 17.6. The van der Waals surface area contributed by atoms with E-state index in [1.54, 1.807) is 23.2 Å². The Morgan fingerprint density at radius 3 is 2.75 bits per heavy atom. The predicted octanol–water partition coefficient (Wildman–Crippen LogP) is 4.46. The maximum absolute atomic E-state index is 14.0. The monoisotopic (exact) mass is 471 g/mol. The first-order valence-electron chi connectivity index (χ1n) is 11.8. The third-order valence-electron chi connectivity index (χ3n) is 6.86. The van der Waals surface area contributed by atoms with Gasteiger partial charge in [-0.25, -0.2) is 9.50 Å². The Morgan fingerprint density at radius 1 is 0.944 bits per heavy atom. The molecule has 1 aliphatic rings. The summed E-state index contributed by atoms with van der Waals surface area (Å²) in [6.45, 7) is 0.554. The number of nitrogens with one attached hydrogen (secondary N) is 1. The summed E-state index contributed by atoms with van der Waals surface area (Å²) in [7, 11) is 0. The molecule has 0 fully saturated rings. The van der Waals surface area contributed by atoms with Crippen LogP contribution in [0, 0.1) is 0 Å². The first-order valence-corrected chi connectivity index (χ1v) is 11.8. The van der Waals surface area contributed by atoms with Gasteiger partial charge in [0, 0.05) is 60.0 Å². The molecule has 8 nitrogen and oxygen atoms in total. The first kappa shape index (κ1) is 20.5. The van der Waals surface area contributed by atoms with Crippen molar-refractivity contribution in [2.45, 2.75) is 12.5 Å². The molecule has 1 aromatic carbocycles. The van der Waals surface area contributed by atoms with Gasteiger partial charge in [0.2, 0.25) is 0 Å². The topological polar surface area (TPSA) is 92.1 Å². The van der Waals surface area contributed by atoms with Gasteiger partial charge in [0.25, 0.3) is 5.91 Å². The van der Waals surface area contributed by atoms with E-state index in [4.69, 9.17) is 4.98 Å². The first-order chi connectivity index (χ1) is 17.8. The molecule has 1 amide bonds. The molecule has 1 aliphatic heterocycles. The van der Waals surface area contributed by atoms with Crippen LogP contribution in [0.15, 0.2) is 91.9 Å². The Balaban J connectivity index is 1.30. The number of H-pyrrole nitrogens is 1. The van der Waals surface area contributed by atoms with Crippen molar-refractivity contribution in [3.63, 3.8) is 0 Å². The van der Waals surface area contributed by atoms with Crippen molar-refractivity contribution in [2.75, 3.05) is 6.54 Å². The molecule has 0 spiro atoms. The zero-order valence-electron chi connectivity index (χ0n) is 19.2. The van der Waals surface area contributed by atoms with Crippen molar-refractivity contribution in [3.8, 4) is 11.1 Å². The fourth-order valence-corrected chi connectivity index (χ4v) is 5.05. The number of aromatic nitrogens is 6. The van der Waals surface area contributed by atoms with E-state index in [9.17, 15) is 4.79 Å². The van der Waals surface area contributed by atoms with Crippen LogP contribution in [0.4, 0.5) is 0 Å². The van der Waals surface area contributed by atoms with Crippen molar-refractivity contribution >= 4 is 22.2 Å². The molecule has 174 valence electrons. The zero-order chi connectivity index (χ0) is 24.1. The Morgan fingerprint density at radius 2 is 1.86 bits per heavy atom. The average molecular weight is 472 g/mol. The van der Waals surface area contributed by atoms with Crippen LogP contribution in [0.3, 0.4) is 0 Å². The molecular formula is C28H21N7O. The molecule has 0 bridgehead atoms. The van der Waals surface area contributed by atoms with E-state index in [1.807, 2.05) is 66.0 Å². The molecule has 0 radical (unpaired) electrons. The van der Waals surface area contributed by atoms with Gasteiger partial charge in [0.15, 0.2) is 0 Å². The number of hydrogen-bond donors (Lipinski definition) is 1. The summed E-state index contributed by atoms with van der Waals surface area (Å²) in [5, 5.41) is 6.64. The Kier molecular flexibility index (Phi) is 4.63. The minimum atomic E-state index is -0.387.